The van der Waals surface area contributed by atoms with Crippen molar-refractivity contribution in [3.8, 4) is 36.0 Å². The minimum Gasteiger partial charge on any atom is -0.396 e. The fourth-order valence-corrected chi connectivity index (χ4v) is 4.82. The molecule has 49 heavy (non-hydrogen) atoms. The maximum absolute atomic E-state index is 8.04. The van der Waals surface area contributed by atoms with Crippen LogP contribution in [0.2, 0.25) is 0 Å². The van der Waals surface area contributed by atoms with Gasteiger partial charge in [0.2, 0.25) is 0 Å². The van der Waals surface area contributed by atoms with Crippen molar-refractivity contribution >= 4 is 47.8 Å². The van der Waals surface area contributed by atoms with E-state index in [9.17, 15) is 0 Å². The molecule has 0 amide bonds. The van der Waals surface area contributed by atoms with Crippen LogP contribution in [0.1, 0.15) is 129 Å². The third-order valence-corrected chi connectivity index (χ3v) is 8.31. The zero-order valence-electron chi connectivity index (χ0n) is 30.6. The van der Waals surface area contributed by atoms with Crippen molar-refractivity contribution in [1.82, 2.24) is 0 Å². The average molecular weight is 888 g/mol. The van der Waals surface area contributed by atoms with Crippen LogP contribution in [-0.2, 0) is 28.4 Å². The Morgan fingerprint density at radius 1 is 0.571 bits per heavy atom. The van der Waals surface area contributed by atoms with Gasteiger partial charge in [0.1, 0.15) is 0 Å². The smallest absolute Gasteiger partial charge is 0.157 e. The van der Waals surface area contributed by atoms with E-state index in [1.54, 1.807) is 0 Å². The average Bonchev–Trinajstić information content (AvgIpc) is 3.15. The highest BCUT2D eigenvalue weighted by Crippen LogP contribution is 2.15. The number of terminal acetylenes is 1. The fourth-order valence-electron chi connectivity index (χ4n) is 4.06. The molecule has 0 bridgehead atoms. The Balaban J connectivity index is 0. The van der Waals surface area contributed by atoms with Gasteiger partial charge in [0, 0.05) is 74.5 Å². The summed E-state index contributed by atoms with van der Waals surface area (Å²) >= 11 is 9.84. The molecular weight excluding hydrogens is 820 g/mol. The summed E-state index contributed by atoms with van der Waals surface area (Å²) in [6.45, 7) is 9.23. The van der Waals surface area contributed by atoms with E-state index in [-0.39, 0.29) is 18.9 Å². The van der Waals surface area contributed by atoms with Gasteiger partial charge in [0.25, 0.3) is 0 Å². The molecule has 0 aromatic rings. The van der Waals surface area contributed by atoms with E-state index in [2.05, 4.69) is 91.2 Å². The monoisotopic (exact) mass is 884 g/mol. The molecule has 3 fully saturated rings. The van der Waals surface area contributed by atoms with Crippen molar-refractivity contribution in [2.45, 2.75) is 148 Å². The highest BCUT2D eigenvalue weighted by molar-refractivity contribution is 9.09. The predicted octanol–water partition coefficient (Wildman–Crippen LogP) is 9.93. The zero-order chi connectivity index (χ0) is 36.3. The normalized spacial score (nSPS) is 19.4. The standard InChI is InChI=1S/C12H20O2.C9H14O2.C8H15BrO2.C7H11Br.C3H7BrO/c1-2-3-4-5-7-10-13-12-9-6-8-11-14-12;1-2-3-7-10-9-6-4-5-8-11-9;9-5-3-7-11-8-4-1-2-6-10-8;1-2-3-4-5-6-7-8;4-2-1-3-5/h12H,2,5-11H2,1H3;1,9H,3-8H2;8H,1-7H2;2,5-7H2,1H3;5H,1-3H2. The molecule has 10 heteroatoms. The molecule has 0 aromatic carbocycles. The van der Waals surface area contributed by atoms with Crippen molar-refractivity contribution in [3.63, 3.8) is 0 Å². The van der Waals surface area contributed by atoms with E-state index in [1.165, 1.54) is 38.5 Å². The van der Waals surface area contributed by atoms with Crippen molar-refractivity contribution < 1.29 is 33.5 Å². The van der Waals surface area contributed by atoms with Crippen LogP contribution in [0.4, 0.5) is 0 Å². The van der Waals surface area contributed by atoms with Crippen LogP contribution in [0, 0.1) is 36.0 Å². The number of hydrogen-bond donors (Lipinski definition) is 1. The van der Waals surface area contributed by atoms with E-state index in [4.69, 9.17) is 40.0 Å². The van der Waals surface area contributed by atoms with Crippen LogP contribution in [0.15, 0.2) is 0 Å². The van der Waals surface area contributed by atoms with Crippen LogP contribution >= 0.6 is 47.8 Å². The van der Waals surface area contributed by atoms with Crippen LogP contribution in [0.25, 0.3) is 0 Å². The number of hydrogen-bond acceptors (Lipinski definition) is 7. The van der Waals surface area contributed by atoms with Gasteiger partial charge in [0.15, 0.2) is 18.9 Å². The predicted molar refractivity (Wildman–Crippen MR) is 214 cm³/mol. The van der Waals surface area contributed by atoms with Crippen molar-refractivity contribution in [2.24, 2.45) is 0 Å². The van der Waals surface area contributed by atoms with Gasteiger partial charge in [-0.3, -0.25) is 0 Å². The van der Waals surface area contributed by atoms with Crippen LogP contribution in [0.3, 0.4) is 0 Å². The lowest BCUT2D eigenvalue weighted by Crippen LogP contribution is -2.22. The lowest BCUT2D eigenvalue weighted by Gasteiger charge is -2.22. The molecule has 3 aliphatic rings. The highest BCUT2D eigenvalue weighted by atomic mass is 79.9. The van der Waals surface area contributed by atoms with Gasteiger partial charge in [-0.25, -0.2) is 0 Å². The Morgan fingerprint density at radius 3 is 1.35 bits per heavy atom. The lowest BCUT2D eigenvalue weighted by molar-refractivity contribution is -0.162. The third-order valence-electron chi connectivity index (χ3n) is 6.63. The van der Waals surface area contributed by atoms with Gasteiger partial charge in [-0.2, -0.15) is 0 Å². The molecule has 286 valence electrons. The summed E-state index contributed by atoms with van der Waals surface area (Å²) in [7, 11) is 0. The van der Waals surface area contributed by atoms with E-state index in [1.807, 2.05) is 0 Å². The Kier molecular flexibility index (Phi) is 47.7. The Morgan fingerprint density at radius 2 is 1.00 bits per heavy atom. The Labute approximate surface area is 326 Å². The van der Waals surface area contributed by atoms with E-state index in [0.29, 0.717) is 19.6 Å². The summed E-state index contributed by atoms with van der Waals surface area (Å²) in [5.74, 6) is 14.7. The summed E-state index contributed by atoms with van der Waals surface area (Å²) in [6.07, 6.45) is 24.3. The molecule has 0 saturated carbocycles. The summed E-state index contributed by atoms with van der Waals surface area (Å²) in [5.41, 5.74) is 0. The molecule has 0 radical (unpaired) electrons. The van der Waals surface area contributed by atoms with Crippen molar-refractivity contribution in [3.05, 3.63) is 0 Å². The number of halogens is 3. The molecule has 3 atom stereocenters. The third kappa shape index (κ3) is 42.1. The molecule has 3 saturated heterocycles. The molecule has 3 rings (SSSR count). The second-order valence-corrected chi connectivity index (χ2v) is 13.5. The SMILES string of the molecule is BrCCCOC1CCCCO1.C#CCCOC1CCCCO1.CCC#CCCCBr.CCC#CCCCOC1CCCCO1.OCCCBr. The van der Waals surface area contributed by atoms with Gasteiger partial charge < -0.3 is 33.5 Å². The first-order chi connectivity index (χ1) is 24.1. The lowest BCUT2D eigenvalue weighted by atomic mass is 10.2. The number of rotatable bonds is 15. The molecule has 0 spiro atoms. The second kappa shape index (κ2) is 45.9. The van der Waals surface area contributed by atoms with Gasteiger partial charge in [0.05, 0.1) is 19.8 Å². The van der Waals surface area contributed by atoms with E-state index < -0.39 is 0 Å². The summed E-state index contributed by atoms with van der Waals surface area (Å²) < 4.78 is 32.6. The first-order valence-electron chi connectivity index (χ1n) is 18.5. The first kappa shape index (κ1) is 50.9. The molecule has 3 heterocycles. The van der Waals surface area contributed by atoms with Crippen molar-refractivity contribution in [2.75, 3.05) is 62.2 Å². The van der Waals surface area contributed by atoms with Gasteiger partial charge in [-0.15, -0.1) is 36.0 Å². The molecule has 3 aliphatic heterocycles. The van der Waals surface area contributed by atoms with Gasteiger partial charge in [-0.1, -0.05) is 61.6 Å². The van der Waals surface area contributed by atoms with Gasteiger partial charge in [-0.05, 0) is 83.5 Å². The number of ether oxygens (including phenoxy) is 6. The number of aliphatic hydroxyl groups is 1. The number of aliphatic hydroxyl groups excluding tert-OH is 1. The summed E-state index contributed by atoms with van der Waals surface area (Å²) in [4.78, 5) is 0. The molecule has 3 unspecified atom stereocenters. The quantitative estimate of drug-likeness (QED) is 0.0998. The largest absolute Gasteiger partial charge is 0.396 e. The molecule has 7 nitrogen and oxygen atoms in total. The van der Waals surface area contributed by atoms with E-state index >= 15 is 0 Å². The summed E-state index contributed by atoms with van der Waals surface area (Å²) in [5, 5.41) is 11.0. The van der Waals surface area contributed by atoms with Crippen LogP contribution < -0.4 is 0 Å². The zero-order valence-corrected chi connectivity index (χ0v) is 35.4. The van der Waals surface area contributed by atoms with Crippen molar-refractivity contribution in [1.29, 1.82) is 0 Å². The minimum absolute atomic E-state index is 0.0112. The second-order valence-electron chi connectivity index (χ2n) is 11.1. The number of unbranched alkanes of at least 4 members (excludes halogenated alkanes) is 2. The Bertz CT molecular complexity index is 799. The molecule has 0 aromatic heterocycles. The molecule has 1 N–H and O–H groups in total. The molecule has 0 aliphatic carbocycles. The Hall–Kier alpha value is -0.160. The molecular formula is C39H67Br3O7. The fraction of sp³-hybridized carbons (Fsp3) is 0.846. The highest BCUT2D eigenvalue weighted by Gasteiger charge is 2.14. The topological polar surface area (TPSA) is 75.6 Å². The summed E-state index contributed by atoms with van der Waals surface area (Å²) in [6, 6.07) is 0. The van der Waals surface area contributed by atoms with E-state index in [0.717, 1.165) is 120 Å². The van der Waals surface area contributed by atoms with Crippen LogP contribution in [0.5, 0.6) is 0 Å². The first-order valence-corrected chi connectivity index (χ1v) is 21.8. The van der Waals surface area contributed by atoms with Gasteiger partial charge >= 0.3 is 0 Å². The maximum Gasteiger partial charge on any atom is 0.157 e. The minimum atomic E-state index is 0.0112. The maximum atomic E-state index is 8.04. The number of alkyl halides is 3. The van der Waals surface area contributed by atoms with Crippen LogP contribution in [-0.4, -0.2) is 86.2 Å².